The molecule has 0 fully saturated rings. The standard InChI is InChI=1S/C19H19N3O3/c20-21-13-18(23)17(12-11-15-7-3-1-4-8-15)22-19(24)25-14-16-9-5-2-6-10-16/h1-10,13,17H,11-12,14H2,(H,22,24)/t17-/m0/s1. The maximum Gasteiger partial charge on any atom is 0.408 e. The van der Waals surface area contributed by atoms with Crippen molar-refractivity contribution in [3.8, 4) is 0 Å². The minimum Gasteiger partial charge on any atom is -0.445 e. The van der Waals surface area contributed by atoms with Crippen LogP contribution in [0.1, 0.15) is 17.5 Å². The molecule has 0 heterocycles. The summed E-state index contributed by atoms with van der Waals surface area (Å²) in [7, 11) is 0. The van der Waals surface area contributed by atoms with Crippen LogP contribution in [0.2, 0.25) is 0 Å². The average molecular weight is 337 g/mol. The number of aryl methyl sites for hydroxylation is 1. The second kappa shape index (κ2) is 9.80. The molecule has 0 unspecified atom stereocenters. The molecule has 2 rings (SSSR count). The zero-order chi connectivity index (χ0) is 17.9. The fraction of sp³-hybridized carbons (Fsp3) is 0.211. The van der Waals surface area contributed by atoms with Gasteiger partial charge in [0.15, 0.2) is 0 Å². The third kappa shape index (κ3) is 6.41. The van der Waals surface area contributed by atoms with Gasteiger partial charge in [0.2, 0.25) is 0 Å². The number of nitrogens with one attached hydrogen (secondary N) is 1. The molecule has 2 aromatic carbocycles. The maximum atomic E-state index is 12.0. The van der Waals surface area contributed by atoms with E-state index in [0.717, 1.165) is 17.3 Å². The van der Waals surface area contributed by atoms with E-state index in [9.17, 15) is 9.59 Å². The van der Waals surface area contributed by atoms with Crippen LogP contribution in [0.5, 0.6) is 0 Å². The molecule has 0 bridgehead atoms. The molecule has 1 atom stereocenters. The molecule has 6 nitrogen and oxygen atoms in total. The summed E-state index contributed by atoms with van der Waals surface area (Å²) in [6.07, 6.45) is 1.05. The van der Waals surface area contributed by atoms with Gasteiger partial charge in [-0.05, 0) is 24.0 Å². The highest BCUT2D eigenvalue weighted by Crippen LogP contribution is 2.06. The Kier molecular flexibility index (Phi) is 7.10. The quantitative estimate of drug-likeness (QED) is 0.456. The Morgan fingerprint density at radius 1 is 1.04 bits per heavy atom. The van der Waals surface area contributed by atoms with E-state index in [2.05, 4.69) is 10.1 Å². The summed E-state index contributed by atoms with van der Waals surface area (Å²) in [4.78, 5) is 26.7. The lowest BCUT2D eigenvalue weighted by Gasteiger charge is -2.14. The van der Waals surface area contributed by atoms with Crippen molar-refractivity contribution in [3.63, 3.8) is 0 Å². The Bertz CT molecular complexity index is 741. The smallest absolute Gasteiger partial charge is 0.408 e. The Balaban J connectivity index is 1.91. The van der Waals surface area contributed by atoms with E-state index in [4.69, 9.17) is 10.3 Å². The first-order chi connectivity index (χ1) is 12.2. The van der Waals surface area contributed by atoms with Gasteiger partial charge in [-0.1, -0.05) is 60.7 Å². The predicted octanol–water partition coefficient (Wildman–Crippen LogP) is 2.78. The van der Waals surface area contributed by atoms with Crippen molar-refractivity contribution in [2.75, 3.05) is 0 Å². The number of Topliss-reactive ketones (excluding diaryl/α,β-unsaturated/α-hetero) is 1. The number of hydrogen-bond donors (Lipinski definition) is 1. The highest BCUT2D eigenvalue weighted by Gasteiger charge is 2.22. The highest BCUT2D eigenvalue weighted by molar-refractivity contribution is 6.28. The molecule has 25 heavy (non-hydrogen) atoms. The van der Waals surface area contributed by atoms with E-state index >= 15 is 0 Å². The van der Waals surface area contributed by atoms with Gasteiger partial charge < -0.3 is 15.6 Å². The summed E-state index contributed by atoms with van der Waals surface area (Å²) in [6.45, 7) is 0.111. The van der Waals surface area contributed by atoms with E-state index in [1.54, 1.807) is 0 Å². The largest absolute Gasteiger partial charge is 0.445 e. The number of ketones is 1. The second-order valence-corrected chi connectivity index (χ2v) is 5.43. The Morgan fingerprint density at radius 3 is 2.24 bits per heavy atom. The molecular formula is C19H19N3O3. The number of hydrogen-bond acceptors (Lipinski definition) is 3. The van der Waals surface area contributed by atoms with Gasteiger partial charge in [-0.15, -0.1) is 0 Å². The zero-order valence-corrected chi connectivity index (χ0v) is 13.7. The lowest BCUT2D eigenvalue weighted by atomic mass is 10.0. The van der Waals surface area contributed by atoms with Crippen LogP contribution in [0, 0.1) is 0 Å². The van der Waals surface area contributed by atoms with Crippen LogP contribution in [0.3, 0.4) is 0 Å². The van der Waals surface area contributed by atoms with Crippen molar-refractivity contribution in [2.24, 2.45) is 0 Å². The van der Waals surface area contributed by atoms with E-state index in [1.807, 2.05) is 60.7 Å². The normalized spacial score (nSPS) is 11.0. The monoisotopic (exact) mass is 337 g/mol. The molecule has 2 aromatic rings. The maximum absolute atomic E-state index is 12.0. The molecule has 1 N–H and O–H groups in total. The van der Waals surface area contributed by atoms with Gasteiger partial charge in [0.1, 0.15) is 12.6 Å². The number of carbonyl (C=O) groups excluding carboxylic acids is 2. The van der Waals surface area contributed by atoms with Gasteiger partial charge in [0.05, 0.1) is 0 Å². The minimum absolute atomic E-state index is 0.111. The van der Waals surface area contributed by atoms with Crippen LogP contribution in [0.4, 0.5) is 4.79 Å². The summed E-state index contributed by atoms with van der Waals surface area (Å²) < 4.78 is 5.13. The number of ether oxygens (including phenoxy) is 1. The first kappa shape index (κ1) is 18.1. The fourth-order valence-electron chi connectivity index (χ4n) is 2.30. The first-order valence-corrected chi connectivity index (χ1v) is 7.91. The number of carbonyl (C=O) groups is 2. The number of amides is 1. The number of rotatable bonds is 8. The van der Waals surface area contributed by atoms with Crippen molar-refractivity contribution < 1.29 is 19.1 Å². The third-order valence-corrected chi connectivity index (χ3v) is 3.60. The van der Waals surface area contributed by atoms with Crippen LogP contribution in [-0.4, -0.2) is 28.9 Å². The van der Waals surface area contributed by atoms with Crippen molar-refractivity contribution in [2.45, 2.75) is 25.5 Å². The SMILES string of the molecule is [N-]=[N+]=CC(=O)[C@H](CCc1ccccc1)NC(=O)OCc1ccccc1. The lowest BCUT2D eigenvalue weighted by molar-refractivity contribution is -0.118. The number of benzene rings is 2. The molecule has 0 spiro atoms. The molecule has 1 amide bonds. The van der Waals surface area contributed by atoms with Crippen LogP contribution < -0.4 is 5.32 Å². The Morgan fingerprint density at radius 2 is 1.64 bits per heavy atom. The van der Waals surface area contributed by atoms with Gasteiger partial charge in [-0.2, -0.15) is 4.79 Å². The van der Waals surface area contributed by atoms with E-state index in [-0.39, 0.29) is 6.61 Å². The van der Waals surface area contributed by atoms with Crippen molar-refractivity contribution in [1.29, 1.82) is 0 Å². The van der Waals surface area contributed by atoms with Gasteiger partial charge in [0, 0.05) is 0 Å². The Labute approximate surface area is 146 Å². The highest BCUT2D eigenvalue weighted by atomic mass is 16.5. The minimum atomic E-state index is -0.820. The predicted molar refractivity (Wildman–Crippen MR) is 93.0 cm³/mol. The molecule has 0 saturated carbocycles. The molecule has 0 aliphatic rings. The topological polar surface area (TPSA) is 91.8 Å². The third-order valence-electron chi connectivity index (χ3n) is 3.60. The summed E-state index contributed by atoms with van der Waals surface area (Å²) in [5.41, 5.74) is 10.5. The molecule has 128 valence electrons. The van der Waals surface area contributed by atoms with Crippen LogP contribution in [0.15, 0.2) is 60.7 Å². The zero-order valence-electron chi connectivity index (χ0n) is 13.7. The second-order valence-electron chi connectivity index (χ2n) is 5.43. The molecule has 6 heteroatoms. The van der Waals surface area contributed by atoms with Crippen LogP contribution >= 0.6 is 0 Å². The van der Waals surface area contributed by atoms with E-state index in [1.165, 1.54) is 0 Å². The van der Waals surface area contributed by atoms with Crippen molar-refractivity contribution in [3.05, 3.63) is 77.3 Å². The fourth-order valence-corrected chi connectivity index (χ4v) is 2.30. The van der Waals surface area contributed by atoms with Gasteiger partial charge in [0.25, 0.3) is 5.78 Å². The first-order valence-electron chi connectivity index (χ1n) is 7.91. The molecule has 0 aliphatic heterocycles. The number of alkyl carbamates (subject to hydrolysis) is 1. The van der Waals surface area contributed by atoms with E-state index < -0.39 is 17.9 Å². The van der Waals surface area contributed by atoms with E-state index in [0.29, 0.717) is 12.8 Å². The summed E-state index contributed by atoms with van der Waals surface area (Å²) in [5, 5.41) is 2.53. The average Bonchev–Trinajstić information content (AvgIpc) is 2.65. The molecule has 0 aliphatic carbocycles. The van der Waals surface area contributed by atoms with Crippen molar-refractivity contribution in [1.82, 2.24) is 5.32 Å². The molecular weight excluding hydrogens is 318 g/mol. The van der Waals surface area contributed by atoms with Crippen LogP contribution in [0.25, 0.3) is 5.53 Å². The van der Waals surface area contributed by atoms with Crippen molar-refractivity contribution >= 4 is 18.1 Å². The van der Waals surface area contributed by atoms with Crippen LogP contribution in [-0.2, 0) is 22.6 Å². The lowest BCUT2D eigenvalue weighted by Crippen LogP contribution is -2.42. The summed E-state index contributed by atoms with van der Waals surface area (Å²) in [5.74, 6) is -0.491. The molecule has 0 saturated heterocycles. The molecule has 0 radical (unpaired) electrons. The van der Waals surface area contributed by atoms with Gasteiger partial charge in [-0.3, -0.25) is 4.79 Å². The summed E-state index contributed by atoms with van der Waals surface area (Å²) in [6, 6.07) is 18.0. The molecule has 0 aromatic heterocycles. The number of nitrogens with zero attached hydrogens (tertiary/aromatic N) is 2. The van der Waals surface area contributed by atoms with Gasteiger partial charge in [-0.25, -0.2) is 4.79 Å². The van der Waals surface area contributed by atoms with Gasteiger partial charge >= 0.3 is 12.3 Å². The summed E-state index contributed by atoms with van der Waals surface area (Å²) >= 11 is 0. The Hall–Kier alpha value is -3.24.